The molecule has 0 bridgehead atoms. The number of amides is 1. The molecule has 0 saturated heterocycles. The van der Waals surface area contributed by atoms with Crippen molar-refractivity contribution in [1.29, 1.82) is 0 Å². The molecule has 1 heterocycles. The van der Waals surface area contributed by atoms with Crippen LogP contribution in [0.15, 0.2) is 54.6 Å². The molecule has 7 nitrogen and oxygen atoms in total. The number of hydrogen-bond acceptors (Lipinski definition) is 5. The lowest BCUT2D eigenvalue weighted by Gasteiger charge is -2.19. The number of esters is 1. The molecule has 0 aliphatic rings. The molecule has 32 heavy (non-hydrogen) atoms. The largest absolute Gasteiger partial charge is 0.492 e. The van der Waals surface area contributed by atoms with Crippen LogP contribution in [0.25, 0.3) is 0 Å². The Morgan fingerprint density at radius 1 is 1.00 bits per heavy atom. The van der Waals surface area contributed by atoms with Crippen LogP contribution in [0, 0.1) is 13.8 Å². The Morgan fingerprint density at radius 2 is 1.66 bits per heavy atom. The summed E-state index contributed by atoms with van der Waals surface area (Å²) in [5, 5.41) is 2.79. The van der Waals surface area contributed by atoms with E-state index in [1.807, 2.05) is 13.0 Å². The second-order valence-corrected chi connectivity index (χ2v) is 7.30. The predicted octanol–water partition coefficient (Wildman–Crippen LogP) is 4.77. The molecular weight excluding hydrogens is 408 g/mol. The number of ether oxygens (including phenoxy) is 2. The minimum absolute atomic E-state index is 0.149. The third-order valence-electron chi connectivity index (χ3n) is 5.00. The first-order valence-corrected chi connectivity index (χ1v) is 10.3. The highest BCUT2D eigenvalue weighted by Crippen LogP contribution is 2.28. The lowest BCUT2D eigenvalue weighted by atomic mass is 10.1. The lowest BCUT2D eigenvalue weighted by molar-refractivity contribution is -0.125. The quantitative estimate of drug-likeness (QED) is 0.393. The van der Waals surface area contributed by atoms with Gasteiger partial charge < -0.3 is 19.8 Å². The molecule has 2 N–H and O–H groups in total. The Balaban J connectivity index is 1.91. The smallest absolute Gasteiger partial charge is 0.356 e. The van der Waals surface area contributed by atoms with Gasteiger partial charge in [-0.05, 0) is 45.4 Å². The Morgan fingerprint density at radius 3 is 2.28 bits per heavy atom. The summed E-state index contributed by atoms with van der Waals surface area (Å²) in [6.45, 7) is 7.12. The van der Waals surface area contributed by atoms with E-state index in [4.69, 9.17) is 9.47 Å². The number of Topliss-reactive ketones (excluding diaryl/α,β-unsaturated/α-hetero) is 1. The molecule has 1 aromatic heterocycles. The number of aromatic amines is 1. The van der Waals surface area contributed by atoms with Gasteiger partial charge >= 0.3 is 5.97 Å². The summed E-state index contributed by atoms with van der Waals surface area (Å²) in [5.74, 6) is -0.881. The molecule has 1 amide bonds. The molecule has 166 valence electrons. The Bertz CT molecular complexity index is 1130. The van der Waals surface area contributed by atoms with Gasteiger partial charge in [0.25, 0.3) is 5.91 Å². The van der Waals surface area contributed by atoms with Gasteiger partial charge in [-0.25, -0.2) is 4.79 Å². The maximum absolute atomic E-state index is 13.2. The van der Waals surface area contributed by atoms with Crippen LogP contribution in [0.2, 0.25) is 0 Å². The molecule has 0 saturated carbocycles. The highest BCUT2D eigenvalue weighted by atomic mass is 16.5. The standard InChI is InChI=1S/C25H26N2O5/c1-5-31-20-14-10-9-13-19(20)27-24(29)23(18-11-7-6-8-12-18)32-25(30)22-15(2)21(17(4)28)16(3)26-22/h6-14,23,26H,5H2,1-4H3,(H,27,29). The summed E-state index contributed by atoms with van der Waals surface area (Å²) >= 11 is 0. The van der Waals surface area contributed by atoms with E-state index in [1.165, 1.54) is 6.92 Å². The minimum atomic E-state index is -1.21. The third-order valence-corrected chi connectivity index (χ3v) is 5.00. The number of hydrogen-bond donors (Lipinski definition) is 2. The van der Waals surface area contributed by atoms with E-state index in [2.05, 4.69) is 10.3 Å². The predicted molar refractivity (Wildman–Crippen MR) is 121 cm³/mol. The average Bonchev–Trinajstić information content (AvgIpc) is 3.08. The van der Waals surface area contributed by atoms with Gasteiger partial charge in [-0.3, -0.25) is 9.59 Å². The number of nitrogens with one attached hydrogen (secondary N) is 2. The summed E-state index contributed by atoms with van der Waals surface area (Å²) in [4.78, 5) is 41.0. The summed E-state index contributed by atoms with van der Waals surface area (Å²) in [6.07, 6.45) is -1.21. The number of para-hydroxylation sites is 2. The van der Waals surface area contributed by atoms with E-state index in [-0.39, 0.29) is 11.5 Å². The fraction of sp³-hybridized carbons (Fsp3) is 0.240. The fourth-order valence-corrected chi connectivity index (χ4v) is 3.60. The first kappa shape index (κ1) is 22.8. The lowest BCUT2D eigenvalue weighted by Crippen LogP contribution is -2.26. The van der Waals surface area contributed by atoms with Crippen LogP contribution in [0.4, 0.5) is 5.69 Å². The van der Waals surface area contributed by atoms with Gasteiger partial charge in [0.1, 0.15) is 11.4 Å². The molecule has 2 aromatic carbocycles. The van der Waals surface area contributed by atoms with Gasteiger partial charge in [-0.15, -0.1) is 0 Å². The summed E-state index contributed by atoms with van der Waals surface area (Å²) in [5.41, 5.74) is 2.66. The highest BCUT2D eigenvalue weighted by Gasteiger charge is 2.29. The van der Waals surface area contributed by atoms with Gasteiger partial charge in [0, 0.05) is 16.8 Å². The van der Waals surface area contributed by atoms with Crippen molar-refractivity contribution < 1.29 is 23.9 Å². The fourth-order valence-electron chi connectivity index (χ4n) is 3.60. The first-order chi connectivity index (χ1) is 15.3. The van der Waals surface area contributed by atoms with Gasteiger partial charge in [0.2, 0.25) is 6.10 Å². The maximum Gasteiger partial charge on any atom is 0.356 e. The zero-order valence-electron chi connectivity index (χ0n) is 18.5. The van der Waals surface area contributed by atoms with Crippen LogP contribution < -0.4 is 10.1 Å². The molecular formula is C25H26N2O5. The van der Waals surface area contributed by atoms with Crippen molar-refractivity contribution in [2.45, 2.75) is 33.8 Å². The number of ketones is 1. The van der Waals surface area contributed by atoms with Gasteiger partial charge in [0.15, 0.2) is 5.78 Å². The number of rotatable bonds is 8. The zero-order chi connectivity index (χ0) is 23.3. The molecule has 0 fully saturated rings. The SMILES string of the molecule is CCOc1ccccc1NC(=O)C(OC(=O)c1[nH]c(C)c(C(C)=O)c1C)c1ccccc1. The van der Waals surface area contributed by atoms with E-state index < -0.39 is 18.0 Å². The molecule has 3 rings (SSSR count). The van der Waals surface area contributed by atoms with E-state index in [0.29, 0.717) is 40.4 Å². The number of anilines is 1. The van der Waals surface area contributed by atoms with Crippen LogP contribution in [0.1, 0.15) is 57.6 Å². The molecule has 0 radical (unpaired) electrons. The molecule has 3 aromatic rings. The van der Waals surface area contributed by atoms with Crippen LogP contribution in [0.5, 0.6) is 5.75 Å². The molecule has 1 unspecified atom stereocenters. The van der Waals surface area contributed by atoms with Crippen molar-refractivity contribution in [2.24, 2.45) is 0 Å². The second-order valence-electron chi connectivity index (χ2n) is 7.30. The number of benzene rings is 2. The normalized spacial score (nSPS) is 11.5. The monoisotopic (exact) mass is 434 g/mol. The van der Waals surface area contributed by atoms with Crippen molar-refractivity contribution in [1.82, 2.24) is 4.98 Å². The molecule has 1 atom stereocenters. The van der Waals surface area contributed by atoms with E-state index in [0.717, 1.165) is 0 Å². The van der Waals surface area contributed by atoms with Crippen molar-refractivity contribution in [3.8, 4) is 5.75 Å². The Kier molecular flexibility index (Phi) is 7.10. The number of carbonyl (C=O) groups excluding carboxylic acids is 3. The van der Waals surface area contributed by atoms with Crippen molar-refractivity contribution in [3.63, 3.8) is 0 Å². The first-order valence-electron chi connectivity index (χ1n) is 10.3. The topological polar surface area (TPSA) is 97.5 Å². The highest BCUT2D eigenvalue weighted by molar-refractivity contribution is 6.02. The van der Waals surface area contributed by atoms with Crippen LogP contribution in [-0.2, 0) is 9.53 Å². The van der Waals surface area contributed by atoms with Gasteiger partial charge in [-0.2, -0.15) is 0 Å². The van der Waals surface area contributed by atoms with Crippen LogP contribution in [-0.4, -0.2) is 29.3 Å². The second kappa shape index (κ2) is 9.96. The van der Waals surface area contributed by atoms with Crippen LogP contribution in [0.3, 0.4) is 0 Å². The third kappa shape index (κ3) is 4.88. The summed E-state index contributed by atoms with van der Waals surface area (Å²) in [6, 6.07) is 15.8. The number of aromatic nitrogens is 1. The molecule has 0 aliphatic heterocycles. The average molecular weight is 434 g/mol. The van der Waals surface area contributed by atoms with E-state index >= 15 is 0 Å². The van der Waals surface area contributed by atoms with Crippen LogP contribution >= 0.6 is 0 Å². The summed E-state index contributed by atoms with van der Waals surface area (Å²) < 4.78 is 11.2. The van der Waals surface area contributed by atoms with Crippen molar-refractivity contribution >= 4 is 23.3 Å². The zero-order valence-corrected chi connectivity index (χ0v) is 18.5. The van der Waals surface area contributed by atoms with Gasteiger partial charge in [0.05, 0.1) is 12.3 Å². The number of aryl methyl sites for hydroxylation is 1. The Hall–Kier alpha value is -3.87. The molecule has 7 heteroatoms. The van der Waals surface area contributed by atoms with Crippen molar-refractivity contribution in [3.05, 3.63) is 82.7 Å². The Labute approximate surface area is 186 Å². The maximum atomic E-state index is 13.2. The van der Waals surface area contributed by atoms with Gasteiger partial charge in [-0.1, -0.05) is 42.5 Å². The number of H-pyrrole nitrogens is 1. The van der Waals surface area contributed by atoms with Crippen molar-refractivity contribution in [2.75, 3.05) is 11.9 Å². The van der Waals surface area contributed by atoms with E-state index in [1.54, 1.807) is 62.4 Å². The van der Waals surface area contributed by atoms with E-state index in [9.17, 15) is 14.4 Å². The minimum Gasteiger partial charge on any atom is -0.492 e. The number of carbonyl (C=O) groups is 3. The molecule has 0 spiro atoms. The molecule has 0 aliphatic carbocycles. The summed E-state index contributed by atoms with van der Waals surface area (Å²) in [7, 11) is 0.